The predicted octanol–water partition coefficient (Wildman–Crippen LogP) is 2.80. The molecule has 0 bridgehead atoms. The molecule has 1 saturated heterocycles. The van der Waals surface area contributed by atoms with Crippen LogP contribution in [0.3, 0.4) is 0 Å². The number of aromatic nitrogens is 1. The number of hydrogen-bond acceptors (Lipinski definition) is 6. The molecule has 2 aromatic rings. The van der Waals surface area contributed by atoms with Gasteiger partial charge in [0.25, 0.3) is 5.91 Å². The zero-order valence-electron chi connectivity index (χ0n) is 13.2. The van der Waals surface area contributed by atoms with Crippen LogP contribution >= 0.6 is 11.3 Å². The van der Waals surface area contributed by atoms with Gasteiger partial charge in [-0.1, -0.05) is 0 Å². The summed E-state index contributed by atoms with van der Waals surface area (Å²) in [5, 5.41) is 6.20. The van der Waals surface area contributed by atoms with E-state index in [-0.39, 0.29) is 18.3 Å². The van der Waals surface area contributed by atoms with Crippen molar-refractivity contribution in [2.45, 2.75) is 32.4 Å². The Bertz CT molecular complexity index is 824. The molecule has 2 aliphatic heterocycles. The van der Waals surface area contributed by atoms with Gasteiger partial charge in [-0.2, -0.15) is 0 Å². The fourth-order valence-electron chi connectivity index (χ4n) is 3.15. The summed E-state index contributed by atoms with van der Waals surface area (Å²) in [4.78, 5) is 30.5. The molecule has 2 N–H and O–H groups in total. The number of hydrogen-bond donors (Lipinski definition) is 2. The van der Waals surface area contributed by atoms with Crippen LogP contribution in [0.2, 0.25) is 0 Å². The lowest BCUT2D eigenvalue weighted by atomic mass is 10.1. The van der Waals surface area contributed by atoms with Gasteiger partial charge in [-0.25, -0.2) is 9.78 Å². The van der Waals surface area contributed by atoms with Gasteiger partial charge in [0.05, 0.1) is 4.88 Å². The molecular formula is C17H17N3O3S. The zero-order chi connectivity index (χ0) is 16.7. The molecule has 124 valence electrons. The Labute approximate surface area is 143 Å². The van der Waals surface area contributed by atoms with Gasteiger partial charge in [0.15, 0.2) is 0 Å². The summed E-state index contributed by atoms with van der Waals surface area (Å²) in [7, 11) is 0. The summed E-state index contributed by atoms with van der Waals surface area (Å²) in [6.45, 7) is 3.08. The smallest absolute Gasteiger partial charge is 0.342 e. The number of thiophene rings is 1. The molecule has 24 heavy (non-hydrogen) atoms. The second-order valence-corrected chi connectivity index (χ2v) is 7.14. The van der Waals surface area contributed by atoms with Crippen LogP contribution in [0.1, 0.15) is 55.0 Å². The van der Waals surface area contributed by atoms with Crippen molar-refractivity contribution in [3.8, 4) is 0 Å². The van der Waals surface area contributed by atoms with Gasteiger partial charge in [0.1, 0.15) is 18.0 Å². The van der Waals surface area contributed by atoms with Gasteiger partial charge in [0, 0.05) is 22.2 Å². The minimum absolute atomic E-state index is 0.233. The number of ether oxygens (including phenoxy) is 1. The number of esters is 1. The highest BCUT2D eigenvalue weighted by Crippen LogP contribution is 2.31. The standard InChI is InChI=1S/C17H17N3O3S/c1-9-7-10-8-23-17(22)14(10)15(19-9)20-16(21)13-5-4-12(24-13)11-3-2-6-18-11/h4-5,7,11,18H,2-3,6,8H2,1H3,(H,19,20,21)/t11-/m0/s1. The molecule has 6 nitrogen and oxygen atoms in total. The van der Waals surface area contributed by atoms with Gasteiger partial charge < -0.3 is 15.4 Å². The lowest BCUT2D eigenvalue weighted by Crippen LogP contribution is -2.15. The molecule has 0 unspecified atom stereocenters. The van der Waals surface area contributed by atoms with E-state index >= 15 is 0 Å². The SMILES string of the molecule is Cc1cc2c(c(NC(=O)c3ccc([C@@H]4CCCN4)s3)n1)C(=O)OC2. The molecule has 0 spiro atoms. The van der Waals surface area contributed by atoms with Gasteiger partial charge in [-0.05, 0) is 44.5 Å². The minimum atomic E-state index is -0.435. The van der Waals surface area contributed by atoms with E-state index in [1.807, 2.05) is 25.1 Å². The second kappa shape index (κ2) is 5.99. The van der Waals surface area contributed by atoms with Crippen LogP contribution < -0.4 is 10.6 Å². The molecule has 2 aliphatic rings. The van der Waals surface area contributed by atoms with Crippen molar-refractivity contribution in [2.75, 3.05) is 11.9 Å². The summed E-state index contributed by atoms with van der Waals surface area (Å²) in [5.74, 6) is -0.398. The summed E-state index contributed by atoms with van der Waals surface area (Å²) < 4.78 is 5.04. The molecule has 7 heteroatoms. The number of pyridine rings is 1. The predicted molar refractivity (Wildman–Crippen MR) is 90.3 cm³/mol. The van der Waals surface area contributed by atoms with Crippen molar-refractivity contribution in [2.24, 2.45) is 0 Å². The third kappa shape index (κ3) is 2.70. The zero-order valence-corrected chi connectivity index (χ0v) is 14.0. The molecule has 0 aromatic carbocycles. The Morgan fingerprint density at radius 2 is 2.33 bits per heavy atom. The Morgan fingerprint density at radius 1 is 1.46 bits per heavy atom. The first-order valence-corrected chi connectivity index (χ1v) is 8.75. The van der Waals surface area contributed by atoms with E-state index in [0.29, 0.717) is 16.5 Å². The van der Waals surface area contributed by atoms with E-state index in [0.717, 1.165) is 30.6 Å². The van der Waals surface area contributed by atoms with Crippen LogP contribution in [0.15, 0.2) is 18.2 Å². The lowest BCUT2D eigenvalue weighted by molar-refractivity contribution is 0.0535. The maximum atomic E-state index is 12.5. The molecule has 4 rings (SSSR count). The van der Waals surface area contributed by atoms with E-state index in [9.17, 15) is 9.59 Å². The molecule has 0 radical (unpaired) electrons. The fraction of sp³-hybridized carbons (Fsp3) is 0.353. The van der Waals surface area contributed by atoms with Crippen molar-refractivity contribution in [1.82, 2.24) is 10.3 Å². The number of cyclic esters (lactones) is 1. The molecular weight excluding hydrogens is 326 g/mol. The summed E-state index contributed by atoms with van der Waals surface area (Å²) in [6, 6.07) is 5.97. The Kier molecular flexibility index (Phi) is 3.82. The number of fused-ring (bicyclic) bond motifs is 1. The molecule has 1 fully saturated rings. The number of amides is 1. The van der Waals surface area contributed by atoms with E-state index in [1.165, 1.54) is 16.2 Å². The largest absolute Gasteiger partial charge is 0.457 e. The van der Waals surface area contributed by atoms with Crippen LogP contribution in [-0.4, -0.2) is 23.4 Å². The summed E-state index contributed by atoms with van der Waals surface area (Å²) >= 11 is 1.48. The average Bonchev–Trinajstić information content (AvgIpc) is 3.26. The highest BCUT2D eigenvalue weighted by Gasteiger charge is 2.28. The number of nitrogens with one attached hydrogen (secondary N) is 2. The summed E-state index contributed by atoms with van der Waals surface area (Å²) in [6.07, 6.45) is 2.26. The Balaban J connectivity index is 1.58. The Morgan fingerprint density at radius 3 is 3.12 bits per heavy atom. The fourth-order valence-corrected chi connectivity index (χ4v) is 4.16. The quantitative estimate of drug-likeness (QED) is 0.838. The summed E-state index contributed by atoms with van der Waals surface area (Å²) in [5.41, 5.74) is 1.87. The van der Waals surface area contributed by atoms with Gasteiger partial charge in [0.2, 0.25) is 0 Å². The third-order valence-corrected chi connectivity index (χ3v) is 5.48. The Hall–Kier alpha value is -2.25. The van der Waals surface area contributed by atoms with E-state index in [1.54, 1.807) is 0 Å². The maximum absolute atomic E-state index is 12.5. The van der Waals surface area contributed by atoms with Crippen molar-refractivity contribution < 1.29 is 14.3 Å². The van der Waals surface area contributed by atoms with Crippen molar-refractivity contribution >= 4 is 29.0 Å². The first kappa shape index (κ1) is 15.3. The number of rotatable bonds is 3. The normalized spacial score (nSPS) is 19.2. The molecule has 2 aromatic heterocycles. The first-order valence-electron chi connectivity index (χ1n) is 7.94. The molecule has 0 aliphatic carbocycles. The highest BCUT2D eigenvalue weighted by atomic mass is 32.1. The van der Waals surface area contributed by atoms with E-state index < -0.39 is 5.97 Å². The van der Waals surface area contributed by atoms with Crippen molar-refractivity contribution in [1.29, 1.82) is 0 Å². The van der Waals surface area contributed by atoms with E-state index in [2.05, 4.69) is 15.6 Å². The number of nitrogens with zero attached hydrogens (tertiary/aromatic N) is 1. The van der Waals surface area contributed by atoms with Gasteiger partial charge in [-0.3, -0.25) is 4.79 Å². The van der Waals surface area contributed by atoms with Crippen LogP contribution in [-0.2, 0) is 11.3 Å². The van der Waals surface area contributed by atoms with Gasteiger partial charge >= 0.3 is 5.97 Å². The van der Waals surface area contributed by atoms with Gasteiger partial charge in [-0.15, -0.1) is 11.3 Å². The van der Waals surface area contributed by atoms with Crippen LogP contribution in [0.4, 0.5) is 5.82 Å². The third-order valence-electron chi connectivity index (χ3n) is 4.28. The van der Waals surface area contributed by atoms with Crippen molar-refractivity contribution in [3.63, 3.8) is 0 Å². The van der Waals surface area contributed by atoms with Crippen LogP contribution in [0.5, 0.6) is 0 Å². The average molecular weight is 343 g/mol. The molecule has 1 amide bonds. The van der Waals surface area contributed by atoms with Crippen molar-refractivity contribution in [3.05, 3.63) is 44.8 Å². The monoisotopic (exact) mass is 343 g/mol. The minimum Gasteiger partial charge on any atom is -0.457 e. The second-order valence-electron chi connectivity index (χ2n) is 6.03. The lowest BCUT2D eigenvalue weighted by Gasteiger charge is -2.08. The molecule has 0 saturated carbocycles. The number of carbonyl (C=O) groups excluding carboxylic acids is 2. The number of aryl methyl sites for hydroxylation is 1. The molecule has 1 atom stereocenters. The molecule has 4 heterocycles. The maximum Gasteiger partial charge on any atom is 0.342 e. The highest BCUT2D eigenvalue weighted by molar-refractivity contribution is 7.14. The van der Waals surface area contributed by atoms with E-state index in [4.69, 9.17) is 4.74 Å². The van der Waals surface area contributed by atoms with Crippen LogP contribution in [0.25, 0.3) is 0 Å². The first-order chi connectivity index (χ1) is 11.6. The number of carbonyl (C=O) groups is 2. The topological polar surface area (TPSA) is 80.3 Å². The van der Waals surface area contributed by atoms with Crippen LogP contribution in [0, 0.1) is 6.92 Å². The number of anilines is 1.